The number of ether oxygens (including phenoxy) is 1. The van der Waals surface area contributed by atoms with Crippen LogP contribution in [-0.2, 0) is 6.54 Å². The minimum atomic E-state index is 0.786. The third kappa shape index (κ3) is 3.13. The minimum Gasteiger partial charge on any atom is -0.493 e. The summed E-state index contributed by atoms with van der Waals surface area (Å²) in [6, 6.07) is 12.8. The van der Waals surface area contributed by atoms with E-state index >= 15 is 0 Å². The lowest BCUT2D eigenvalue weighted by Crippen LogP contribution is -2.17. The van der Waals surface area contributed by atoms with Crippen LogP contribution in [0.25, 0.3) is 10.8 Å². The topological polar surface area (TPSA) is 21.3 Å². The first-order valence-corrected chi connectivity index (χ1v) is 7.72. The first-order chi connectivity index (χ1) is 9.88. The van der Waals surface area contributed by atoms with Gasteiger partial charge in [0.05, 0.1) is 6.61 Å². The summed E-state index contributed by atoms with van der Waals surface area (Å²) in [7, 11) is 0. The normalized spacial score (nSPS) is 14.7. The van der Waals surface area contributed by atoms with Crippen LogP contribution in [0.1, 0.15) is 31.7 Å². The Hall–Kier alpha value is -1.54. The molecule has 0 radical (unpaired) electrons. The van der Waals surface area contributed by atoms with Crippen LogP contribution in [0.4, 0.5) is 0 Å². The summed E-state index contributed by atoms with van der Waals surface area (Å²) >= 11 is 0. The van der Waals surface area contributed by atoms with Crippen molar-refractivity contribution < 1.29 is 4.74 Å². The van der Waals surface area contributed by atoms with Crippen molar-refractivity contribution in [2.24, 2.45) is 5.92 Å². The average Bonchev–Trinajstić information content (AvgIpc) is 3.30. The van der Waals surface area contributed by atoms with Crippen molar-refractivity contribution >= 4 is 10.8 Å². The zero-order chi connectivity index (χ0) is 13.8. The van der Waals surface area contributed by atoms with E-state index < -0.39 is 0 Å². The van der Waals surface area contributed by atoms with Gasteiger partial charge in [-0.2, -0.15) is 0 Å². The van der Waals surface area contributed by atoms with Crippen molar-refractivity contribution in [3.8, 4) is 5.75 Å². The molecule has 0 bridgehead atoms. The van der Waals surface area contributed by atoms with Crippen LogP contribution in [-0.4, -0.2) is 13.2 Å². The fourth-order valence-electron chi connectivity index (χ4n) is 2.57. The molecule has 2 aromatic carbocycles. The average molecular weight is 269 g/mol. The Morgan fingerprint density at radius 2 is 2.00 bits per heavy atom. The molecule has 2 nitrogen and oxygen atoms in total. The number of hydrogen-bond acceptors (Lipinski definition) is 2. The molecule has 20 heavy (non-hydrogen) atoms. The second kappa shape index (κ2) is 6.27. The Labute approximate surface area is 121 Å². The van der Waals surface area contributed by atoms with Gasteiger partial charge >= 0.3 is 0 Å². The summed E-state index contributed by atoms with van der Waals surface area (Å²) in [4.78, 5) is 0. The van der Waals surface area contributed by atoms with Crippen LogP contribution in [0.5, 0.6) is 5.75 Å². The van der Waals surface area contributed by atoms with E-state index in [2.05, 4.69) is 48.6 Å². The fraction of sp³-hybridized carbons (Fsp3) is 0.444. The molecular weight excluding hydrogens is 246 g/mol. The maximum atomic E-state index is 5.93. The van der Waals surface area contributed by atoms with Crippen molar-refractivity contribution in [1.82, 2.24) is 5.32 Å². The highest BCUT2D eigenvalue weighted by Gasteiger charge is 2.20. The van der Waals surface area contributed by atoms with E-state index in [0.717, 1.165) is 37.8 Å². The number of benzene rings is 2. The van der Waals surface area contributed by atoms with Gasteiger partial charge in [-0.25, -0.2) is 0 Å². The second-order valence-electron chi connectivity index (χ2n) is 5.69. The molecule has 0 unspecified atom stereocenters. The van der Waals surface area contributed by atoms with Gasteiger partial charge in [0.25, 0.3) is 0 Å². The Bertz CT molecular complexity index is 575. The monoisotopic (exact) mass is 269 g/mol. The van der Waals surface area contributed by atoms with Gasteiger partial charge in [0.1, 0.15) is 5.75 Å². The minimum absolute atomic E-state index is 0.786. The van der Waals surface area contributed by atoms with Crippen molar-refractivity contribution in [3.05, 3.63) is 42.0 Å². The van der Waals surface area contributed by atoms with Gasteiger partial charge in [-0.15, -0.1) is 0 Å². The van der Waals surface area contributed by atoms with Gasteiger partial charge in [-0.05, 0) is 48.6 Å². The molecule has 1 aliphatic carbocycles. The predicted molar refractivity (Wildman–Crippen MR) is 84.2 cm³/mol. The van der Waals surface area contributed by atoms with Crippen LogP contribution in [0.3, 0.4) is 0 Å². The highest BCUT2D eigenvalue weighted by molar-refractivity contribution is 5.87. The zero-order valence-corrected chi connectivity index (χ0v) is 12.2. The summed E-state index contributed by atoms with van der Waals surface area (Å²) in [5.74, 6) is 1.94. The van der Waals surface area contributed by atoms with E-state index in [1.54, 1.807) is 0 Å². The van der Waals surface area contributed by atoms with Gasteiger partial charge in [0.15, 0.2) is 0 Å². The standard InChI is InChI=1S/C18H23NO/c1-2-11-20-18-10-9-15-5-3-4-6-16(15)17(18)13-19-12-14-7-8-14/h3-6,9-10,14,19H,2,7-8,11-13H2,1H3. The SMILES string of the molecule is CCCOc1ccc2ccccc2c1CNCC1CC1. The van der Waals surface area contributed by atoms with Gasteiger partial charge in [-0.3, -0.25) is 0 Å². The van der Waals surface area contributed by atoms with E-state index in [-0.39, 0.29) is 0 Å². The Kier molecular flexibility index (Phi) is 4.22. The quantitative estimate of drug-likeness (QED) is 0.816. The molecule has 0 heterocycles. The smallest absolute Gasteiger partial charge is 0.124 e. The van der Waals surface area contributed by atoms with Gasteiger partial charge in [0.2, 0.25) is 0 Å². The lowest BCUT2D eigenvalue weighted by atomic mass is 10.0. The van der Waals surface area contributed by atoms with Crippen molar-refractivity contribution in [3.63, 3.8) is 0 Å². The molecule has 1 N–H and O–H groups in total. The van der Waals surface area contributed by atoms with Gasteiger partial charge < -0.3 is 10.1 Å². The number of hydrogen-bond donors (Lipinski definition) is 1. The fourth-order valence-corrected chi connectivity index (χ4v) is 2.57. The van der Waals surface area contributed by atoms with Crippen LogP contribution in [0.2, 0.25) is 0 Å². The van der Waals surface area contributed by atoms with Crippen molar-refractivity contribution in [1.29, 1.82) is 0 Å². The third-order valence-corrected chi connectivity index (χ3v) is 3.89. The van der Waals surface area contributed by atoms with Crippen molar-refractivity contribution in [2.75, 3.05) is 13.2 Å². The van der Waals surface area contributed by atoms with Gasteiger partial charge in [0, 0.05) is 12.1 Å². The molecule has 2 heteroatoms. The van der Waals surface area contributed by atoms with E-state index in [0.29, 0.717) is 0 Å². The molecule has 0 aliphatic heterocycles. The predicted octanol–water partition coefficient (Wildman–Crippen LogP) is 4.13. The van der Waals surface area contributed by atoms with E-state index in [1.165, 1.54) is 29.2 Å². The lowest BCUT2D eigenvalue weighted by molar-refractivity contribution is 0.314. The molecule has 0 amide bonds. The Balaban J connectivity index is 1.85. The molecule has 1 aliphatic rings. The summed E-state index contributed by atoms with van der Waals surface area (Å²) in [6.07, 6.45) is 3.82. The maximum absolute atomic E-state index is 5.93. The maximum Gasteiger partial charge on any atom is 0.124 e. The molecule has 0 saturated heterocycles. The first-order valence-electron chi connectivity index (χ1n) is 7.72. The molecule has 0 aromatic heterocycles. The van der Waals surface area contributed by atoms with Crippen LogP contribution in [0.15, 0.2) is 36.4 Å². The van der Waals surface area contributed by atoms with E-state index in [4.69, 9.17) is 4.74 Å². The second-order valence-corrected chi connectivity index (χ2v) is 5.69. The van der Waals surface area contributed by atoms with Gasteiger partial charge in [-0.1, -0.05) is 37.3 Å². The molecule has 3 rings (SSSR count). The molecule has 2 aromatic rings. The first kappa shape index (κ1) is 13.4. The molecule has 0 atom stereocenters. The van der Waals surface area contributed by atoms with Crippen LogP contribution >= 0.6 is 0 Å². The zero-order valence-electron chi connectivity index (χ0n) is 12.2. The molecule has 1 saturated carbocycles. The number of rotatable bonds is 7. The van der Waals surface area contributed by atoms with E-state index in [1.807, 2.05) is 0 Å². The third-order valence-electron chi connectivity index (χ3n) is 3.89. The van der Waals surface area contributed by atoms with Crippen LogP contribution in [0, 0.1) is 5.92 Å². The molecule has 106 valence electrons. The van der Waals surface area contributed by atoms with E-state index in [9.17, 15) is 0 Å². The van der Waals surface area contributed by atoms with Crippen molar-refractivity contribution in [2.45, 2.75) is 32.7 Å². The Morgan fingerprint density at radius 3 is 2.80 bits per heavy atom. The Morgan fingerprint density at radius 1 is 1.15 bits per heavy atom. The van der Waals surface area contributed by atoms with Crippen LogP contribution < -0.4 is 10.1 Å². The molecule has 0 spiro atoms. The summed E-state index contributed by atoms with van der Waals surface area (Å²) in [5, 5.41) is 6.19. The lowest BCUT2D eigenvalue weighted by Gasteiger charge is -2.14. The molecule has 1 fully saturated rings. The summed E-state index contributed by atoms with van der Waals surface area (Å²) in [6.45, 7) is 4.97. The highest BCUT2D eigenvalue weighted by atomic mass is 16.5. The number of fused-ring (bicyclic) bond motifs is 1. The number of nitrogens with one attached hydrogen (secondary N) is 1. The largest absolute Gasteiger partial charge is 0.493 e. The highest BCUT2D eigenvalue weighted by Crippen LogP contribution is 2.30. The summed E-state index contributed by atoms with van der Waals surface area (Å²) in [5.41, 5.74) is 1.30. The molecular formula is C18H23NO. The summed E-state index contributed by atoms with van der Waals surface area (Å²) < 4.78 is 5.93.